The minimum absolute atomic E-state index is 0.162. The van der Waals surface area contributed by atoms with E-state index in [4.69, 9.17) is 6.42 Å². The Morgan fingerprint density at radius 2 is 1.85 bits per heavy atom. The highest BCUT2D eigenvalue weighted by atomic mass is 32.2. The van der Waals surface area contributed by atoms with Gasteiger partial charge in [-0.15, -0.1) is 12.3 Å². The zero-order valence-corrected chi connectivity index (χ0v) is 15.7. The van der Waals surface area contributed by atoms with Crippen molar-refractivity contribution in [3.63, 3.8) is 0 Å². The lowest BCUT2D eigenvalue weighted by molar-refractivity contribution is -0.114. The number of amides is 1. The number of nitrogens with zero attached hydrogens (tertiary/aromatic N) is 2. The number of nitrogens with one attached hydrogen (secondary N) is 2. The van der Waals surface area contributed by atoms with Gasteiger partial charge in [-0.1, -0.05) is 24.3 Å². The molecule has 0 saturated carbocycles. The molecule has 0 radical (unpaired) electrons. The Bertz CT molecular complexity index is 1050. The minimum atomic E-state index is -3.73. The van der Waals surface area contributed by atoms with Crippen LogP contribution in [0.3, 0.4) is 0 Å². The summed E-state index contributed by atoms with van der Waals surface area (Å²) in [5, 5.41) is 11.9. The van der Waals surface area contributed by atoms with Crippen LogP contribution in [0.4, 0.5) is 5.69 Å². The second kappa shape index (κ2) is 7.47. The van der Waals surface area contributed by atoms with Crippen LogP contribution in [0.1, 0.15) is 26.2 Å². The molecule has 0 saturated heterocycles. The number of rotatable bonds is 8. The van der Waals surface area contributed by atoms with Crippen molar-refractivity contribution in [1.29, 1.82) is 0 Å². The molecule has 0 bridgehead atoms. The molecular weight excluding hydrogens is 364 g/mol. The molecule has 2 N–H and O–H groups in total. The van der Waals surface area contributed by atoms with Crippen LogP contribution in [0, 0.1) is 12.3 Å². The zero-order chi connectivity index (χ0) is 19.5. The number of carbonyl (C=O) groups is 1. The first kappa shape index (κ1) is 19.0. The van der Waals surface area contributed by atoms with E-state index in [1.54, 1.807) is 30.3 Å². The number of fused-ring (bicyclic) bond motifs is 1. The van der Waals surface area contributed by atoms with Crippen LogP contribution in [0.2, 0.25) is 0 Å². The molecular formula is C19H20N4O3S. The summed E-state index contributed by atoms with van der Waals surface area (Å²) in [7, 11) is -3.73. The van der Waals surface area contributed by atoms with Gasteiger partial charge >= 0.3 is 0 Å². The minimum Gasteiger partial charge on any atom is -0.326 e. The van der Waals surface area contributed by atoms with Gasteiger partial charge in [-0.3, -0.25) is 4.79 Å². The van der Waals surface area contributed by atoms with Crippen LogP contribution in [-0.4, -0.2) is 26.5 Å². The van der Waals surface area contributed by atoms with E-state index in [9.17, 15) is 13.2 Å². The average molecular weight is 384 g/mol. The summed E-state index contributed by atoms with van der Waals surface area (Å²) in [6.07, 6.45) is 6.90. The van der Waals surface area contributed by atoms with Gasteiger partial charge in [-0.2, -0.15) is 10.2 Å². The molecule has 140 valence electrons. The Hall–Kier alpha value is -2.76. The number of carbonyl (C=O) groups excluding carboxylic acids is 1. The Morgan fingerprint density at radius 1 is 1.15 bits per heavy atom. The molecule has 0 fully saturated rings. The predicted molar refractivity (Wildman–Crippen MR) is 104 cm³/mol. The van der Waals surface area contributed by atoms with Crippen LogP contribution in [0.15, 0.2) is 51.5 Å². The topological polar surface area (TPSA) is 100.0 Å². The Kier molecular flexibility index (Phi) is 5.26. The van der Waals surface area contributed by atoms with Crippen molar-refractivity contribution in [3.8, 4) is 12.3 Å². The van der Waals surface area contributed by atoms with Gasteiger partial charge < -0.3 is 5.32 Å². The molecule has 1 amide bonds. The van der Waals surface area contributed by atoms with Gasteiger partial charge in [0.2, 0.25) is 15.9 Å². The molecule has 2 aromatic rings. The second-order valence-electron chi connectivity index (χ2n) is 6.37. The maximum Gasteiger partial charge on any atom is 0.241 e. The maximum atomic E-state index is 12.8. The third-order valence-electron chi connectivity index (χ3n) is 4.35. The van der Waals surface area contributed by atoms with Gasteiger partial charge in [0.15, 0.2) is 5.66 Å². The quantitative estimate of drug-likeness (QED) is 0.684. The van der Waals surface area contributed by atoms with Crippen molar-refractivity contribution in [2.75, 3.05) is 11.9 Å². The summed E-state index contributed by atoms with van der Waals surface area (Å²) in [4.78, 5) is 11.5. The van der Waals surface area contributed by atoms with Crippen molar-refractivity contribution in [3.05, 3.63) is 36.4 Å². The van der Waals surface area contributed by atoms with Gasteiger partial charge in [-0.05, 0) is 12.1 Å². The molecule has 1 aliphatic heterocycles. The zero-order valence-electron chi connectivity index (χ0n) is 14.9. The van der Waals surface area contributed by atoms with Crippen molar-refractivity contribution >= 4 is 32.4 Å². The first-order valence-corrected chi connectivity index (χ1v) is 10.0. The average Bonchev–Trinajstić information content (AvgIpc) is 3.39. The molecule has 27 heavy (non-hydrogen) atoms. The number of sulfonamides is 1. The number of hydrogen-bond acceptors (Lipinski definition) is 5. The van der Waals surface area contributed by atoms with Crippen LogP contribution in [0.25, 0.3) is 10.8 Å². The molecule has 7 nitrogen and oxygen atoms in total. The summed E-state index contributed by atoms with van der Waals surface area (Å²) in [5.41, 5.74) is 0.0348. The number of hydrogen-bond donors (Lipinski definition) is 2. The SMILES string of the molecule is C#CCCC1(CCNS(=O)(=O)c2ccc(NC(C)=O)c3ccccc23)N=N1. The smallest absolute Gasteiger partial charge is 0.241 e. The highest BCUT2D eigenvalue weighted by Crippen LogP contribution is 2.36. The monoisotopic (exact) mass is 384 g/mol. The Balaban J connectivity index is 1.80. The molecule has 0 unspecified atom stereocenters. The Morgan fingerprint density at radius 3 is 2.48 bits per heavy atom. The summed E-state index contributed by atoms with van der Waals surface area (Å²) in [5.74, 6) is 2.33. The van der Waals surface area contributed by atoms with Gasteiger partial charge in [0, 0.05) is 49.2 Å². The number of anilines is 1. The van der Waals surface area contributed by atoms with Crippen molar-refractivity contribution < 1.29 is 13.2 Å². The van der Waals surface area contributed by atoms with E-state index < -0.39 is 15.7 Å². The molecule has 8 heteroatoms. The molecule has 1 heterocycles. The predicted octanol–water partition coefficient (Wildman–Crippen LogP) is 3.04. The molecule has 1 aliphatic rings. The lowest BCUT2D eigenvalue weighted by Crippen LogP contribution is -2.28. The van der Waals surface area contributed by atoms with E-state index in [2.05, 4.69) is 26.2 Å². The van der Waals surface area contributed by atoms with E-state index >= 15 is 0 Å². The Labute approximate surface area is 158 Å². The van der Waals surface area contributed by atoms with E-state index in [1.807, 2.05) is 0 Å². The van der Waals surface area contributed by atoms with Crippen LogP contribution >= 0.6 is 0 Å². The third kappa shape index (κ3) is 4.32. The lowest BCUT2D eigenvalue weighted by atomic mass is 10.1. The van der Waals surface area contributed by atoms with Gasteiger partial charge in [0.05, 0.1) is 4.90 Å². The van der Waals surface area contributed by atoms with Gasteiger partial charge in [-0.25, -0.2) is 13.1 Å². The summed E-state index contributed by atoms with van der Waals surface area (Å²) in [6, 6.07) is 10.1. The van der Waals surface area contributed by atoms with Gasteiger partial charge in [0.25, 0.3) is 0 Å². The fourth-order valence-corrected chi connectivity index (χ4v) is 4.18. The lowest BCUT2D eigenvalue weighted by Gasteiger charge is -2.14. The summed E-state index contributed by atoms with van der Waals surface area (Å²) < 4.78 is 28.2. The number of benzene rings is 2. The maximum absolute atomic E-state index is 12.8. The van der Waals surface area contributed by atoms with Crippen LogP contribution in [-0.2, 0) is 14.8 Å². The largest absolute Gasteiger partial charge is 0.326 e. The fraction of sp³-hybridized carbons (Fsp3) is 0.316. The fourth-order valence-electron chi connectivity index (χ4n) is 2.94. The molecule has 3 rings (SSSR count). The van der Waals surface area contributed by atoms with E-state index in [0.717, 1.165) is 0 Å². The molecule has 0 aromatic heterocycles. The third-order valence-corrected chi connectivity index (χ3v) is 5.87. The standard InChI is InChI=1S/C19H20N4O3S/c1-3-4-11-19(22-23-19)12-13-20-27(25,26)18-10-9-17(21-14(2)24)15-7-5-6-8-16(15)18/h1,5-10,20H,4,11-13H2,2H3,(H,21,24). The van der Waals surface area contributed by atoms with E-state index in [1.165, 1.54) is 13.0 Å². The highest BCUT2D eigenvalue weighted by Gasteiger charge is 2.38. The van der Waals surface area contributed by atoms with Crippen molar-refractivity contribution in [2.45, 2.75) is 36.7 Å². The first-order chi connectivity index (χ1) is 12.9. The van der Waals surface area contributed by atoms with Crippen LogP contribution < -0.4 is 10.0 Å². The summed E-state index contributed by atoms with van der Waals surface area (Å²) >= 11 is 0. The first-order valence-electron chi connectivity index (χ1n) is 8.53. The van der Waals surface area contributed by atoms with Crippen LogP contribution in [0.5, 0.6) is 0 Å². The molecule has 2 aromatic carbocycles. The van der Waals surface area contributed by atoms with E-state index in [0.29, 0.717) is 35.7 Å². The second-order valence-corrected chi connectivity index (χ2v) is 8.11. The molecule has 0 spiro atoms. The van der Waals surface area contributed by atoms with E-state index in [-0.39, 0.29) is 17.3 Å². The molecule has 0 aliphatic carbocycles. The molecule has 0 atom stereocenters. The van der Waals surface area contributed by atoms with Crippen molar-refractivity contribution in [2.24, 2.45) is 10.2 Å². The highest BCUT2D eigenvalue weighted by molar-refractivity contribution is 7.89. The number of terminal acetylenes is 1. The van der Waals surface area contributed by atoms with Crippen molar-refractivity contribution in [1.82, 2.24) is 4.72 Å². The van der Waals surface area contributed by atoms with Gasteiger partial charge in [0.1, 0.15) is 0 Å². The summed E-state index contributed by atoms with van der Waals surface area (Å²) in [6.45, 7) is 1.62. The normalized spacial score (nSPS) is 14.7.